The van der Waals surface area contributed by atoms with Crippen molar-refractivity contribution in [2.24, 2.45) is 0 Å². The molecule has 100 valence electrons. The fourth-order valence-corrected chi connectivity index (χ4v) is 2.86. The molecule has 0 fully saturated rings. The first-order valence-electron chi connectivity index (χ1n) is 6.45. The quantitative estimate of drug-likeness (QED) is 0.791. The van der Waals surface area contributed by atoms with Gasteiger partial charge in [0.15, 0.2) is 0 Å². The van der Waals surface area contributed by atoms with Gasteiger partial charge in [-0.2, -0.15) is 0 Å². The van der Waals surface area contributed by atoms with Gasteiger partial charge in [0.05, 0.1) is 6.04 Å². The molecule has 1 nitrogen and oxygen atoms in total. The van der Waals surface area contributed by atoms with Crippen molar-refractivity contribution in [1.29, 1.82) is 0 Å². The molecular weight excluding hydrogens is 322 g/mol. The maximum atomic E-state index is 6.38. The molecule has 3 heteroatoms. The maximum Gasteiger partial charge on any atom is 0.0591 e. The third kappa shape index (κ3) is 3.82. The van der Waals surface area contributed by atoms with E-state index in [1.807, 2.05) is 18.2 Å². The molecule has 0 heterocycles. The van der Waals surface area contributed by atoms with Crippen molar-refractivity contribution in [3.05, 3.63) is 69.2 Å². The Morgan fingerprint density at radius 3 is 2.53 bits per heavy atom. The number of benzene rings is 2. The van der Waals surface area contributed by atoms with Crippen molar-refractivity contribution in [3.63, 3.8) is 0 Å². The first-order valence-corrected chi connectivity index (χ1v) is 7.62. The van der Waals surface area contributed by atoms with Crippen LogP contribution < -0.4 is 5.32 Å². The molecule has 0 bridgehead atoms. The van der Waals surface area contributed by atoms with E-state index in [9.17, 15) is 0 Å². The molecule has 1 atom stereocenters. The first kappa shape index (κ1) is 14.6. The summed E-state index contributed by atoms with van der Waals surface area (Å²) in [4.78, 5) is 0. The molecule has 1 unspecified atom stereocenters. The Morgan fingerprint density at radius 1 is 1.16 bits per heavy atom. The summed E-state index contributed by atoms with van der Waals surface area (Å²) >= 11 is 9.83. The Morgan fingerprint density at radius 2 is 1.89 bits per heavy atom. The van der Waals surface area contributed by atoms with Crippen LogP contribution >= 0.6 is 27.5 Å². The van der Waals surface area contributed by atoms with Gasteiger partial charge in [-0.05, 0) is 36.2 Å². The van der Waals surface area contributed by atoms with E-state index < -0.39 is 0 Å². The predicted molar refractivity (Wildman–Crippen MR) is 85.7 cm³/mol. The highest BCUT2D eigenvalue weighted by Crippen LogP contribution is 2.30. The topological polar surface area (TPSA) is 12.0 Å². The average Bonchev–Trinajstić information content (AvgIpc) is 2.42. The zero-order chi connectivity index (χ0) is 13.7. The highest BCUT2D eigenvalue weighted by Gasteiger charge is 2.16. The molecule has 0 spiro atoms. The second kappa shape index (κ2) is 7.09. The molecule has 0 saturated carbocycles. The standard InChI is InChI=1S/C16H17BrClN/c1-2-10-19-16(12-6-4-3-5-7-12)14-9-8-13(17)11-15(14)18/h3-9,11,16,19H,2,10H2,1H3. The molecule has 0 aliphatic heterocycles. The van der Waals surface area contributed by atoms with E-state index in [2.05, 4.69) is 58.5 Å². The smallest absolute Gasteiger partial charge is 0.0591 e. The van der Waals surface area contributed by atoms with Crippen LogP contribution in [0.4, 0.5) is 0 Å². The number of hydrogen-bond donors (Lipinski definition) is 1. The summed E-state index contributed by atoms with van der Waals surface area (Å²) in [6.07, 6.45) is 1.09. The molecule has 19 heavy (non-hydrogen) atoms. The number of nitrogens with one attached hydrogen (secondary N) is 1. The number of hydrogen-bond acceptors (Lipinski definition) is 1. The van der Waals surface area contributed by atoms with Gasteiger partial charge in [-0.1, -0.05) is 70.9 Å². The lowest BCUT2D eigenvalue weighted by Gasteiger charge is -2.21. The molecule has 0 saturated heterocycles. The minimum Gasteiger partial charge on any atom is -0.306 e. The second-order valence-electron chi connectivity index (χ2n) is 4.46. The summed E-state index contributed by atoms with van der Waals surface area (Å²) in [5.41, 5.74) is 2.35. The van der Waals surface area contributed by atoms with Gasteiger partial charge >= 0.3 is 0 Å². The lowest BCUT2D eigenvalue weighted by Crippen LogP contribution is -2.23. The highest BCUT2D eigenvalue weighted by atomic mass is 79.9. The Kier molecular flexibility index (Phi) is 5.44. The zero-order valence-corrected chi connectivity index (χ0v) is 13.2. The Hall–Kier alpha value is -0.830. The molecule has 2 aromatic rings. The lowest BCUT2D eigenvalue weighted by atomic mass is 9.98. The Bertz CT molecular complexity index is 528. The van der Waals surface area contributed by atoms with Crippen molar-refractivity contribution in [3.8, 4) is 0 Å². The lowest BCUT2D eigenvalue weighted by molar-refractivity contribution is 0.598. The van der Waals surface area contributed by atoms with Crippen LogP contribution in [0, 0.1) is 0 Å². The van der Waals surface area contributed by atoms with Gasteiger partial charge in [0.25, 0.3) is 0 Å². The summed E-state index contributed by atoms with van der Waals surface area (Å²) in [7, 11) is 0. The number of rotatable bonds is 5. The van der Waals surface area contributed by atoms with Gasteiger partial charge in [-0.15, -0.1) is 0 Å². The summed E-state index contributed by atoms with van der Waals surface area (Å²) in [5.74, 6) is 0. The van der Waals surface area contributed by atoms with Gasteiger partial charge in [-0.3, -0.25) is 0 Å². The SMILES string of the molecule is CCCNC(c1ccccc1)c1ccc(Br)cc1Cl. The van der Waals surface area contributed by atoms with E-state index in [0.717, 1.165) is 28.0 Å². The fraction of sp³-hybridized carbons (Fsp3) is 0.250. The van der Waals surface area contributed by atoms with Gasteiger partial charge in [-0.25, -0.2) is 0 Å². The van der Waals surface area contributed by atoms with E-state index in [-0.39, 0.29) is 6.04 Å². The second-order valence-corrected chi connectivity index (χ2v) is 5.79. The largest absolute Gasteiger partial charge is 0.306 e. The zero-order valence-electron chi connectivity index (χ0n) is 10.9. The van der Waals surface area contributed by atoms with Crippen LogP contribution in [0.2, 0.25) is 5.02 Å². The predicted octanol–water partition coefficient (Wildman–Crippen LogP) is 5.19. The molecule has 0 amide bonds. The van der Waals surface area contributed by atoms with E-state index in [0.29, 0.717) is 0 Å². The molecule has 0 aromatic heterocycles. The van der Waals surface area contributed by atoms with Crippen LogP contribution in [0.5, 0.6) is 0 Å². The van der Waals surface area contributed by atoms with Crippen LogP contribution in [-0.4, -0.2) is 6.54 Å². The molecule has 2 rings (SSSR count). The molecule has 0 aliphatic rings. The van der Waals surface area contributed by atoms with E-state index in [1.165, 1.54) is 5.56 Å². The van der Waals surface area contributed by atoms with Gasteiger partial charge in [0.2, 0.25) is 0 Å². The highest BCUT2D eigenvalue weighted by molar-refractivity contribution is 9.10. The summed E-state index contributed by atoms with van der Waals surface area (Å²) in [5, 5.41) is 4.35. The number of halogens is 2. The summed E-state index contributed by atoms with van der Waals surface area (Å²) in [6.45, 7) is 3.13. The van der Waals surface area contributed by atoms with E-state index >= 15 is 0 Å². The normalized spacial score (nSPS) is 12.4. The van der Waals surface area contributed by atoms with Crippen molar-refractivity contribution >= 4 is 27.5 Å². The Labute approximate surface area is 128 Å². The van der Waals surface area contributed by atoms with Crippen molar-refractivity contribution in [1.82, 2.24) is 5.32 Å². The minimum atomic E-state index is 0.141. The molecule has 2 aromatic carbocycles. The van der Waals surface area contributed by atoms with Gasteiger partial charge in [0.1, 0.15) is 0 Å². The molecular formula is C16H17BrClN. The van der Waals surface area contributed by atoms with Crippen LogP contribution in [-0.2, 0) is 0 Å². The minimum absolute atomic E-state index is 0.141. The van der Waals surface area contributed by atoms with Gasteiger partial charge in [0, 0.05) is 9.50 Å². The summed E-state index contributed by atoms with van der Waals surface area (Å²) in [6, 6.07) is 16.6. The molecule has 0 radical (unpaired) electrons. The Balaban J connectivity index is 2.37. The van der Waals surface area contributed by atoms with Gasteiger partial charge < -0.3 is 5.32 Å². The average molecular weight is 339 g/mol. The third-order valence-electron chi connectivity index (χ3n) is 3.00. The third-order valence-corrected chi connectivity index (χ3v) is 3.83. The van der Waals surface area contributed by atoms with E-state index in [4.69, 9.17) is 11.6 Å². The van der Waals surface area contributed by atoms with Crippen molar-refractivity contribution in [2.45, 2.75) is 19.4 Å². The van der Waals surface area contributed by atoms with Crippen LogP contribution in [0.15, 0.2) is 53.0 Å². The van der Waals surface area contributed by atoms with E-state index in [1.54, 1.807) is 0 Å². The van der Waals surface area contributed by atoms with Crippen LogP contribution in [0.1, 0.15) is 30.5 Å². The maximum absolute atomic E-state index is 6.38. The fourth-order valence-electron chi connectivity index (χ4n) is 2.08. The molecule has 1 N–H and O–H groups in total. The van der Waals surface area contributed by atoms with Crippen LogP contribution in [0.25, 0.3) is 0 Å². The summed E-state index contributed by atoms with van der Waals surface area (Å²) < 4.78 is 1.00. The van der Waals surface area contributed by atoms with Crippen molar-refractivity contribution in [2.75, 3.05) is 6.54 Å². The first-order chi connectivity index (χ1) is 9.22. The molecule has 0 aliphatic carbocycles. The van der Waals surface area contributed by atoms with Crippen LogP contribution in [0.3, 0.4) is 0 Å². The monoisotopic (exact) mass is 337 g/mol. The van der Waals surface area contributed by atoms with Crippen molar-refractivity contribution < 1.29 is 0 Å².